The second kappa shape index (κ2) is 9.87. The third kappa shape index (κ3) is 5.13. The number of likely N-dealkylation sites (N-methyl/N-ethyl adjacent to an activating group) is 1. The number of fused-ring (bicyclic) bond motifs is 2. The van der Waals surface area contributed by atoms with Crippen LogP contribution in [0, 0.1) is 5.92 Å². The number of amides is 1. The molecule has 1 fully saturated rings. The van der Waals surface area contributed by atoms with Crippen LogP contribution < -0.4 is 4.74 Å². The van der Waals surface area contributed by atoms with E-state index >= 15 is 0 Å². The Morgan fingerprint density at radius 3 is 2.66 bits per heavy atom. The van der Waals surface area contributed by atoms with Crippen molar-refractivity contribution in [1.29, 1.82) is 0 Å². The summed E-state index contributed by atoms with van der Waals surface area (Å²) < 4.78 is 6.04. The van der Waals surface area contributed by atoms with Gasteiger partial charge in [0.2, 0.25) is 0 Å². The van der Waals surface area contributed by atoms with Gasteiger partial charge in [-0.1, -0.05) is 19.9 Å². The maximum atomic E-state index is 13.4. The lowest BCUT2D eigenvalue weighted by atomic mass is 10.0. The van der Waals surface area contributed by atoms with Gasteiger partial charge in [0.15, 0.2) is 0 Å². The summed E-state index contributed by atoms with van der Waals surface area (Å²) in [4.78, 5) is 19.9. The van der Waals surface area contributed by atoms with Crippen LogP contribution in [0.4, 0.5) is 0 Å². The number of benzene rings is 2. The summed E-state index contributed by atoms with van der Waals surface area (Å²) >= 11 is 0. The van der Waals surface area contributed by atoms with E-state index in [2.05, 4.69) is 40.9 Å². The second-order valence-corrected chi connectivity index (χ2v) is 10.3. The Balaban J connectivity index is 1.24. The average Bonchev–Trinajstić information content (AvgIpc) is 3.42. The molecule has 1 saturated heterocycles. The van der Waals surface area contributed by atoms with Gasteiger partial charge in [0, 0.05) is 63.0 Å². The maximum absolute atomic E-state index is 13.4. The van der Waals surface area contributed by atoms with Gasteiger partial charge in [-0.05, 0) is 48.7 Å². The minimum atomic E-state index is -0.171. The van der Waals surface area contributed by atoms with E-state index in [0.29, 0.717) is 36.7 Å². The molecule has 8 heteroatoms. The lowest BCUT2D eigenvalue weighted by Gasteiger charge is -2.32. The van der Waals surface area contributed by atoms with Crippen LogP contribution in [0.3, 0.4) is 0 Å². The Morgan fingerprint density at radius 2 is 1.89 bits per heavy atom. The number of hydrogen-bond donors (Lipinski definition) is 2. The smallest absolute Gasteiger partial charge is 0.258 e. The number of ether oxygens (including phenoxy) is 1. The number of piperazine rings is 1. The number of nitrogens with one attached hydrogen (secondary N) is 1. The summed E-state index contributed by atoms with van der Waals surface area (Å²) in [5.74, 6) is 1.09. The van der Waals surface area contributed by atoms with Crippen LogP contribution in [0.15, 0.2) is 30.3 Å². The van der Waals surface area contributed by atoms with Gasteiger partial charge in [-0.3, -0.25) is 14.8 Å². The third-order valence-corrected chi connectivity index (χ3v) is 7.05. The summed E-state index contributed by atoms with van der Waals surface area (Å²) in [5, 5.41) is 18.8. The number of phenols is 1. The Morgan fingerprint density at radius 1 is 1.11 bits per heavy atom. The van der Waals surface area contributed by atoms with Crippen molar-refractivity contribution in [2.45, 2.75) is 33.4 Å². The molecule has 35 heavy (non-hydrogen) atoms. The number of carbonyl (C=O) groups excluding carboxylic acids is 1. The van der Waals surface area contributed by atoms with E-state index in [0.717, 1.165) is 67.1 Å². The first-order valence-corrected chi connectivity index (χ1v) is 12.5. The van der Waals surface area contributed by atoms with Crippen molar-refractivity contribution in [3.8, 4) is 11.5 Å². The number of aromatic amines is 1. The Labute approximate surface area is 206 Å². The van der Waals surface area contributed by atoms with Crippen molar-refractivity contribution in [3.05, 3.63) is 52.7 Å². The van der Waals surface area contributed by atoms with E-state index < -0.39 is 0 Å². The van der Waals surface area contributed by atoms with Gasteiger partial charge in [0.1, 0.15) is 18.1 Å². The molecule has 5 rings (SSSR count). The molecule has 2 aromatic carbocycles. The Kier molecular flexibility index (Phi) is 6.67. The minimum absolute atomic E-state index is 0.0334. The molecule has 186 valence electrons. The number of rotatable bonds is 7. The molecule has 0 radical (unpaired) electrons. The predicted molar refractivity (Wildman–Crippen MR) is 136 cm³/mol. The molecule has 1 aromatic heterocycles. The first-order chi connectivity index (χ1) is 16.9. The van der Waals surface area contributed by atoms with Crippen LogP contribution in [-0.4, -0.2) is 82.3 Å². The highest BCUT2D eigenvalue weighted by Crippen LogP contribution is 2.32. The zero-order valence-corrected chi connectivity index (χ0v) is 20.9. The van der Waals surface area contributed by atoms with Crippen LogP contribution in [0.25, 0.3) is 10.9 Å². The highest BCUT2D eigenvalue weighted by Gasteiger charge is 2.27. The monoisotopic (exact) mass is 477 g/mol. The van der Waals surface area contributed by atoms with Crippen molar-refractivity contribution < 1.29 is 14.6 Å². The molecule has 2 aliphatic rings. The number of H-pyrrole nitrogens is 1. The molecule has 0 atom stereocenters. The molecule has 0 saturated carbocycles. The molecule has 2 N–H and O–H groups in total. The summed E-state index contributed by atoms with van der Waals surface area (Å²) in [6.45, 7) is 11.3. The van der Waals surface area contributed by atoms with Gasteiger partial charge in [0.05, 0.1) is 11.1 Å². The van der Waals surface area contributed by atoms with Gasteiger partial charge in [-0.15, -0.1) is 0 Å². The number of carbonyl (C=O) groups is 1. The normalized spacial score (nSPS) is 16.9. The highest BCUT2D eigenvalue weighted by molar-refractivity contribution is 6.01. The Hall–Kier alpha value is -3.10. The van der Waals surface area contributed by atoms with Crippen LogP contribution in [0.2, 0.25) is 0 Å². The fourth-order valence-electron chi connectivity index (χ4n) is 4.97. The van der Waals surface area contributed by atoms with E-state index in [-0.39, 0.29) is 11.7 Å². The highest BCUT2D eigenvalue weighted by atomic mass is 16.5. The van der Waals surface area contributed by atoms with Gasteiger partial charge < -0.3 is 19.6 Å². The van der Waals surface area contributed by atoms with Gasteiger partial charge in [-0.25, -0.2) is 0 Å². The number of aromatic nitrogens is 2. The molecule has 0 spiro atoms. The number of phenolic OH excluding ortho intramolecular Hbond substituents is 1. The second-order valence-electron chi connectivity index (χ2n) is 10.3. The standard InChI is InChI=1S/C27H35N5O3/c1-18(2)12-24-22-14-23(26(33)15-25(22)29-28-24)27(34)32-16-19-4-5-21(13-20(19)17-32)35-11-10-31-8-6-30(3)7-9-31/h4-5,13-15,18,33H,6-12,16-17H2,1-3H3,(H,28,29). The van der Waals surface area contributed by atoms with Gasteiger partial charge in [0.25, 0.3) is 5.91 Å². The molecule has 0 aliphatic carbocycles. The fourth-order valence-corrected chi connectivity index (χ4v) is 4.97. The van der Waals surface area contributed by atoms with E-state index in [9.17, 15) is 9.90 Å². The van der Waals surface area contributed by atoms with Crippen LogP contribution in [0.5, 0.6) is 11.5 Å². The number of hydrogen-bond acceptors (Lipinski definition) is 6. The van der Waals surface area contributed by atoms with Crippen molar-refractivity contribution in [3.63, 3.8) is 0 Å². The summed E-state index contributed by atoms with van der Waals surface area (Å²) in [7, 11) is 2.16. The molecule has 3 heterocycles. The molecule has 1 amide bonds. The molecular weight excluding hydrogens is 442 g/mol. The van der Waals surface area contributed by atoms with Crippen molar-refractivity contribution in [2.24, 2.45) is 5.92 Å². The van der Waals surface area contributed by atoms with Crippen molar-refractivity contribution in [1.82, 2.24) is 24.9 Å². The third-order valence-electron chi connectivity index (χ3n) is 7.05. The zero-order valence-electron chi connectivity index (χ0n) is 20.9. The van der Waals surface area contributed by atoms with Crippen LogP contribution in [0.1, 0.15) is 41.0 Å². The van der Waals surface area contributed by atoms with E-state index in [1.807, 2.05) is 18.2 Å². The van der Waals surface area contributed by atoms with E-state index in [1.54, 1.807) is 17.0 Å². The largest absolute Gasteiger partial charge is 0.507 e. The van der Waals surface area contributed by atoms with Crippen LogP contribution >= 0.6 is 0 Å². The van der Waals surface area contributed by atoms with Crippen molar-refractivity contribution >= 4 is 16.8 Å². The molecule has 3 aromatic rings. The summed E-state index contributed by atoms with van der Waals surface area (Å²) in [6, 6.07) is 9.45. The quantitative estimate of drug-likeness (QED) is 0.544. The maximum Gasteiger partial charge on any atom is 0.258 e. The lowest BCUT2D eigenvalue weighted by molar-refractivity contribution is 0.0748. The predicted octanol–water partition coefficient (Wildman–Crippen LogP) is 3.25. The van der Waals surface area contributed by atoms with E-state index in [4.69, 9.17) is 4.74 Å². The van der Waals surface area contributed by atoms with Gasteiger partial charge >= 0.3 is 0 Å². The number of aromatic hydroxyl groups is 1. The minimum Gasteiger partial charge on any atom is -0.507 e. The first-order valence-electron chi connectivity index (χ1n) is 12.5. The van der Waals surface area contributed by atoms with E-state index in [1.165, 1.54) is 0 Å². The molecule has 2 aliphatic heterocycles. The lowest BCUT2D eigenvalue weighted by Crippen LogP contribution is -2.45. The topological polar surface area (TPSA) is 84.9 Å². The SMILES string of the molecule is CC(C)Cc1[nH]nc2cc(O)c(C(=O)N3Cc4ccc(OCCN5CCN(C)CC5)cc4C3)cc12. The zero-order chi connectivity index (χ0) is 24.5. The average molecular weight is 478 g/mol. The first kappa shape index (κ1) is 23.6. The molecule has 8 nitrogen and oxygen atoms in total. The summed E-state index contributed by atoms with van der Waals surface area (Å²) in [6.07, 6.45) is 0.835. The summed E-state index contributed by atoms with van der Waals surface area (Å²) in [5.41, 5.74) is 4.21. The molecule has 0 bridgehead atoms. The van der Waals surface area contributed by atoms with Crippen LogP contribution in [-0.2, 0) is 19.5 Å². The molecular formula is C27H35N5O3. The fraction of sp³-hybridized carbons (Fsp3) is 0.481. The van der Waals surface area contributed by atoms with Gasteiger partial charge in [-0.2, -0.15) is 5.10 Å². The molecule has 0 unspecified atom stereocenters. The van der Waals surface area contributed by atoms with Crippen molar-refractivity contribution in [2.75, 3.05) is 46.4 Å². The Bertz CT molecular complexity index is 1210. The number of nitrogens with zero attached hydrogens (tertiary/aromatic N) is 4.